The van der Waals surface area contributed by atoms with Crippen molar-refractivity contribution in [3.05, 3.63) is 75.2 Å². The molecule has 0 saturated carbocycles. The van der Waals surface area contributed by atoms with Gasteiger partial charge >= 0.3 is 0 Å². The number of hydrogen-bond acceptors (Lipinski definition) is 6. The number of carbonyl (C=O) groups is 2. The zero-order valence-electron chi connectivity index (χ0n) is 20.9. The number of nitrogens with zero attached hydrogens (tertiary/aromatic N) is 3. The van der Waals surface area contributed by atoms with Gasteiger partial charge in [-0.1, -0.05) is 41.9 Å². The minimum atomic E-state index is -0.250. The molecule has 0 aliphatic carbocycles. The second kappa shape index (κ2) is 14.5. The second-order valence-corrected chi connectivity index (χ2v) is 9.25. The first-order valence-electron chi connectivity index (χ1n) is 12.3. The van der Waals surface area contributed by atoms with E-state index in [4.69, 9.17) is 31.3 Å². The van der Waals surface area contributed by atoms with Crippen LogP contribution in [0.15, 0.2) is 53.3 Å². The number of ether oxygens (including phenoxy) is 1. The SMILES string of the molecule is COCCC(=O)NCCN1CCCC1Cn1nc(Cc2ccc(Cl)cc2)c2ccccc2c1=O.O=CO. The number of likely N-dealkylation sites (tertiary alicyclic amines) is 1. The molecule has 3 aromatic rings. The third-order valence-electron chi connectivity index (χ3n) is 6.37. The quantitative estimate of drug-likeness (QED) is 0.389. The third-order valence-corrected chi connectivity index (χ3v) is 6.62. The Balaban J connectivity index is 0.00000121. The highest BCUT2D eigenvalue weighted by Gasteiger charge is 2.26. The summed E-state index contributed by atoms with van der Waals surface area (Å²) < 4.78 is 6.59. The number of carboxylic acid groups (broad SMARTS) is 1. The molecule has 9 nitrogen and oxygen atoms in total. The van der Waals surface area contributed by atoms with Crippen molar-refractivity contribution in [3.8, 4) is 0 Å². The van der Waals surface area contributed by atoms with Crippen LogP contribution in [0.1, 0.15) is 30.5 Å². The Morgan fingerprint density at radius 3 is 2.62 bits per heavy atom. The normalized spacial score (nSPS) is 15.2. The fourth-order valence-electron chi connectivity index (χ4n) is 4.57. The molecular weight excluding hydrogens is 496 g/mol. The minimum absolute atomic E-state index is 0.00291. The molecule has 2 N–H and O–H groups in total. The van der Waals surface area contributed by atoms with Gasteiger partial charge in [-0.25, -0.2) is 4.68 Å². The number of nitrogens with one attached hydrogen (secondary N) is 1. The number of halogens is 1. The summed E-state index contributed by atoms with van der Waals surface area (Å²) in [6.07, 6.45) is 3.07. The summed E-state index contributed by atoms with van der Waals surface area (Å²) >= 11 is 6.05. The molecule has 1 aliphatic heterocycles. The molecule has 1 fully saturated rings. The summed E-state index contributed by atoms with van der Waals surface area (Å²) in [4.78, 5) is 35.8. The fourth-order valence-corrected chi connectivity index (χ4v) is 4.70. The topological polar surface area (TPSA) is 114 Å². The van der Waals surface area contributed by atoms with E-state index in [2.05, 4.69) is 10.2 Å². The van der Waals surface area contributed by atoms with Crippen molar-refractivity contribution < 1.29 is 19.4 Å². The predicted molar refractivity (Wildman–Crippen MR) is 143 cm³/mol. The van der Waals surface area contributed by atoms with Crippen LogP contribution in [0.5, 0.6) is 0 Å². The van der Waals surface area contributed by atoms with Crippen molar-refractivity contribution in [2.75, 3.05) is 33.4 Å². The zero-order chi connectivity index (χ0) is 26.6. The molecule has 4 rings (SSSR count). The van der Waals surface area contributed by atoms with Crippen LogP contribution in [0.4, 0.5) is 0 Å². The van der Waals surface area contributed by atoms with E-state index in [9.17, 15) is 9.59 Å². The van der Waals surface area contributed by atoms with Crippen molar-refractivity contribution >= 4 is 34.8 Å². The van der Waals surface area contributed by atoms with E-state index in [0.29, 0.717) is 42.9 Å². The van der Waals surface area contributed by atoms with Crippen LogP contribution in [0.2, 0.25) is 5.02 Å². The zero-order valence-corrected chi connectivity index (χ0v) is 21.7. The van der Waals surface area contributed by atoms with Crippen molar-refractivity contribution in [1.29, 1.82) is 0 Å². The number of methoxy groups -OCH3 is 1. The molecular formula is C27H33ClN4O5. The van der Waals surface area contributed by atoms with Crippen molar-refractivity contribution in [2.45, 2.75) is 38.3 Å². The van der Waals surface area contributed by atoms with Gasteiger partial charge in [-0.15, -0.1) is 0 Å². The average molecular weight is 529 g/mol. The molecule has 1 aliphatic rings. The highest BCUT2D eigenvalue weighted by atomic mass is 35.5. The molecule has 0 radical (unpaired) electrons. The van der Waals surface area contributed by atoms with Gasteiger partial charge in [0.05, 0.1) is 24.2 Å². The maximum atomic E-state index is 13.3. The van der Waals surface area contributed by atoms with Gasteiger partial charge in [0, 0.05) is 49.5 Å². The summed E-state index contributed by atoms with van der Waals surface area (Å²) in [6, 6.07) is 15.6. The lowest BCUT2D eigenvalue weighted by Crippen LogP contribution is -2.41. The Kier molecular flexibility index (Phi) is 11.1. The van der Waals surface area contributed by atoms with E-state index < -0.39 is 0 Å². The van der Waals surface area contributed by atoms with E-state index >= 15 is 0 Å². The summed E-state index contributed by atoms with van der Waals surface area (Å²) in [5.74, 6) is -0.00291. The first-order valence-corrected chi connectivity index (χ1v) is 12.6. The van der Waals surface area contributed by atoms with Gasteiger partial charge in [0.2, 0.25) is 5.91 Å². The minimum Gasteiger partial charge on any atom is -0.483 e. The molecule has 0 spiro atoms. The number of amides is 1. The molecule has 1 atom stereocenters. The largest absolute Gasteiger partial charge is 0.483 e. The smallest absolute Gasteiger partial charge is 0.290 e. The first kappa shape index (κ1) is 28.3. The molecule has 1 saturated heterocycles. The Hall–Kier alpha value is -3.27. The number of hydrogen-bond donors (Lipinski definition) is 2. The third kappa shape index (κ3) is 8.11. The molecule has 37 heavy (non-hydrogen) atoms. The molecule has 198 valence electrons. The van der Waals surface area contributed by atoms with Gasteiger partial charge in [-0.05, 0) is 43.1 Å². The van der Waals surface area contributed by atoms with Crippen LogP contribution in [0.3, 0.4) is 0 Å². The molecule has 1 unspecified atom stereocenters. The van der Waals surface area contributed by atoms with E-state index in [0.717, 1.165) is 42.6 Å². The van der Waals surface area contributed by atoms with E-state index in [-0.39, 0.29) is 24.0 Å². The lowest BCUT2D eigenvalue weighted by molar-refractivity contribution is -0.123. The van der Waals surface area contributed by atoms with Crippen LogP contribution in [0, 0.1) is 0 Å². The molecule has 1 aromatic heterocycles. The Morgan fingerprint density at radius 1 is 1.22 bits per heavy atom. The summed E-state index contributed by atoms with van der Waals surface area (Å²) in [5.41, 5.74) is 1.92. The maximum absolute atomic E-state index is 13.3. The van der Waals surface area contributed by atoms with E-state index in [1.165, 1.54) is 0 Å². The Labute approximate surface area is 221 Å². The van der Waals surface area contributed by atoms with Gasteiger partial charge in [-0.2, -0.15) is 5.10 Å². The number of carbonyl (C=O) groups excluding carboxylic acids is 1. The lowest BCUT2D eigenvalue weighted by atomic mass is 10.0. The van der Waals surface area contributed by atoms with Gasteiger partial charge in [-0.3, -0.25) is 19.3 Å². The Bertz CT molecular complexity index is 1230. The molecule has 10 heteroatoms. The summed E-state index contributed by atoms with van der Waals surface area (Å²) in [7, 11) is 1.59. The van der Waals surface area contributed by atoms with Crippen molar-refractivity contribution in [3.63, 3.8) is 0 Å². The standard InChI is InChI=1S/C26H31ClN4O3.CH2O2/c1-34-16-12-25(32)28-13-15-30-14-4-5-21(30)18-31-26(33)23-7-3-2-6-22(23)24(29-31)17-19-8-10-20(27)11-9-19;2-1-3/h2-3,6-11,21H,4-5,12-18H2,1H3,(H,28,32);1H,(H,2,3). The second-order valence-electron chi connectivity index (χ2n) is 8.81. The summed E-state index contributed by atoms with van der Waals surface area (Å²) in [6.45, 7) is 3.00. The molecule has 0 bridgehead atoms. The van der Waals surface area contributed by atoms with Crippen molar-refractivity contribution in [2.24, 2.45) is 0 Å². The number of rotatable bonds is 10. The van der Waals surface area contributed by atoms with E-state index in [1.54, 1.807) is 11.8 Å². The number of benzene rings is 2. The number of fused-ring (bicyclic) bond motifs is 1. The highest BCUT2D eigenvalue weighted by molar-refractivity contribution is 6.30. The fraction of sp³-hybridized carbons (Fsp3) is 0.407. The van der Waals surface area contributed by atoms with Gasteiger partial charge in [0.15, 0.2) is 0 Å². The van der Waals surface area contributed by atoms with Gasteiger partial charge in [0.1, 0.15) is 0 Å². The maximum Gasteiger partial charge on any atom is 0.290 e. The van der Waals surface area contributed by atoms with Crippen LogP contribution in [-0.2, 0) is 27.3 Å². The summed E-state index contributed by atoms with van der Waals surface area (Å²) in [5, 5.41) is 16.9. The van der Waals surface area contributed by atoms with Crippen LogP contribution >= 0.6 is 11.6 Å². The van der Waals surface area contributed by atoms with Crippen LogP contribution < -0.4 is 10.9 Å². The molecule has 1 amide bonds. The Morgan fingerprint density at radius 2 is 1.92 bits per heavy atom. The average Bonchev–Trinajstić information content (AvgIpc) is 3.34. The first-order chi connectivity index (χ1) is 18.0. The lowest BCUT2D eigenvalue weighted by Gasteiger charge is -2.25. The van der Waals surface area contributed by atoms with Crippen molar-refractivity contribution in [1.82, 2.24) is 20.0 Å². The van der Waals surface area contributed by atoms with Crippen LogP contribution in [0.25, 0.3) is 10.8 Å². The molecule has 2 heterocycles. The number of aromatic nitrogens is 2. The van der Waals surface area contributed by atoms with E-state index in [1.807, 2.05) is 48.5 Å². The highest BCUT2D eigenvalue weighted by Crippen LogP contribution is 2.21. The van der Waals surface area contributed by atoms with Gasteiger partial charge in [0.25, 0.3) is 12.0 Å². The molecule has 2 aromatic carbocycles. The predicted octanol–water partition coefficient (Wildman–Crippen LogP) is 2.96. The monoisotopic (exact) mass is 528 g/mol. The van der Waals surface area contributed by atoms with Crippen LogP contribution in [-0.4, -0.2) is 71.6 Å². The van der Waals surface area contributed by atoms with Gasteiger partial charge < -0.3 is 15.2 Å².